The Hall–Kier alpha value is -3.57. The molecule has 0 aliphatic carbocycles. The zero-order chi connectivity index (χ0) is 23.4. The van der Waals surface area contributed by atoms with Gasteiger partial charge in [-0.05, 0) is 59.5 Å². The summed E-state index contributed by atoms with van der Waals surface area (Å²) in [7, 11) is -3.32. The molecule has 2 aromatic carbocycles. The monoisotopic (exact) mass is 471 g/mol. The van der Waals surface area contributed by atoms with E-state index in [9.17, 15) is 8.42 Å². The van der Waals surface area contributed by atoms with Gasteiger partial charge in [0.2, 0.25) is 16.1 Å². The van der Waals surface area contributed by atoms with Gasteiger partial charge < -0.3 is 9.74 Å². The van der Waals surface area contributed by atoms with Crippen LogP contribution in [0.2, 0.25) is 0 Å². The Kier molecular flexibility index (Phi) is 4.78. The van der Waals surface area contributed by atoms with Crippen molar-refractivity contribution in [2.45, 2.75) is 43.8 Å². The van der Waals surface area contributed by atoms with Crippen molar-refractivity contribution in [3.05, 3.63) is 72.3 Å². The molecular weight excluding hydrogens is 446 g/mol. The summed E-state index contributed by atoms with van der Waals surface area (Å²) in [5.74, 6) is 0. The van der Waals surface area contributed by atoms with Crippen LogP contribution in [-0.2, 0) is 10.0 Å². The average Bonchev–Trinajstić information content (AvgIpc) is 3.36. The Balaban J connectivity index is 1.43. The summed E-state index contributed by atoms with van der Waals surface area (Å²) >= 11 is 0. The predicted octanol–water partition coefficient (Wildman–Crippen LogP) is 4.95. The van der Waals surface area contributed by atoms with Crippen molar-refractivity contribution in [2.24, 2.45) is 0 Å². The fraction of sp³-hybridized carbons (Fsp3) is 0.308. The van der Waals surface area contributed by atoms with Gasteiger partial charge >= 0.3 is 0 Å². The van der Waals surface area contributed by atoms with Crippen molar-refractivity contribution in [1.29, 1.82) is 0 Å². The highest BCUT2D eigenvalue weighted by Crippen LogP contribution is 2.43. The number of nitrogens with zero attached hydrogens (tertiary/aromatic N) is 4. The number of piperidine rings is 1. The molecule has 0 spiro atoms. The van der Waals surface area contributed by atoms with Crippen LogP contribution >= 0.6 is 0 Å². The SMILES string of the molecule is [C-]#[N+]C1CC2CCC(C1)N2c1cccn2ncc(-c3ccc4cc(NS(C)(=O)=O)ccc4c3)c12. The van der Waals surface area contributed by atoms with Crippen molar-refractivity contribution < 1.29 is 8.42 Å². The molecule has 2 saturated heterocycles. The van der Waals surface area contributed by atoms with Crippen molar-refractivity contribution in [1.82, 2.24) is 9.61 Å². The normalized spacial score (nSPS) is 22.2. The second-order valence-electron chi connectivity index (χ2n) is 9.44. The molecule has 2 aliphatic heterocycles. The van der Waals surface area contributed by atoms with Gasteiger partial charge in [-0.1, -0.05) is 18.2 Å². The van der Waals surface area contributed by atoms with E-state index >= 15 is 0 Å². The smallest absolute Gasteiger partial charge is 0.229 e. The number of hydrogen-bond donors (Lipinski definition) is 1. The van der Waals surface area contributed by atoms with Crippen LogP contribution in [0.4, 0.5) is 11.4 Å². The summed E-state index contributed by atoms with van der Waals surface area (Å²) in [6.07, 6.45) is 9.21. The molecule has 0 radical (unpaired) electrons. The number of sulfonamides is 1. The lowest BCUT2D eigenvalue weighted by Crippen LogP contribution is -2.44. The topological polar surface area (TPSA) is 71.1 Å². The van der Waals surface area contributed by atoms with Crippen LogP contribution in [0.25, 0.3) is 32.3 Å². The number of nitrogens with one attached hydrogen (secondary N) is 1. The highest BCUT2D eigenvalue weighted by molar-refractivity contribution is 7.92. The zero-order valence-electron chi connectivity index (χ0n) is 18.8. The number of pyridine rings is 1. The third-order valence-corrected chi connectivity index (χ3v) is 7.75. The fourth-order valence-electron chi connectivity index (χ4n) is 5.78. The molecule has 2 atom stereocenters. The van der Waals surface area contributed by atoms with Crippen LogP contribution in [0.15, 0.2) is 60.9 Å². The van der Waals surface area contributed by atoms with E-state index in [1.807, 2.05) is 35.1 Å². The Morgan fingerprint density at radius 3 is 2.53 bits per heavy atom. The summed E-state index contributed by atoms with van der Waals surface area (Å²) in [4.78, 5) is 6.40. The van der Waals surface area contributed by atoms with Gasteiger partial charge in [0.1, 0.15) is 0 Å². The molecule has 7 nitrogen and oxygen atoms in total. The summed E-state index contributed by atoms with van der Waals surface area (Å²) in [5.41, 5.74) is 4.98. The van der Waals surface area contributed by atoms with Crippen LogP contribution in [-0.4, -0.2) is 42.4 Å². The van der Waals surface area contributed by atoms with Crippen LogP contribution < -0.4 is 9.62 Å². The summed E-state index contributed by atoms with van der Waals surface area (Å²) in [6.45, 7) is 7.51. The first-order chi connectivity index (χ1) is 16.4. The molecule has 4 heterocycles. The van der Waals surface area contributed by atoms with Crippen LogP contribution in [0.1, 0.15) is 25.7 Å². The van der Waals surface area contributed by atoms with Gasteiger partial charge in [-0.3, -0.25) is 4.72 Å². The lowest BCUT2D eigenvalue weighted by atomic mass is 9.96. The highest BCUT2D eigenvalue weighted by Gasteiger charge is 2.44. The molecule has 6 rings (SSSR count). The second kappa shape index (κ2) is 7.74. The minimum absolute atomic E-state index is 0.139. The van der Waals surface area contributed by atoms with Crippen LogP contribution in [0, 0.1) is 6.57 Å². The van der Waals surface area contributed by atoms with E-state index in [2.05, 4.69) is 43.8 Å². The number of aromatic nitrogens is 2. The number of anilines is 2. The molecule has 1 N–H and O–H groups in total. The molecule has 2 unspecified atom stereocenters. The lowest BCUT2D eigenvalue weighted by molar-refractivity contribution is 0.448. The summed E-state index contributed by atoms with van der Waals surface area (Å²) < 4.78 is 27.7. The minimum atomic E-state index is -3.32. The second-order valence-corrected chi connectivity index (χ2v) is 11.2. The predicted molar refractivity (Wildman–Crippen MR) is 136 cm³/mol. The Bertz CT molecular complexity index is 1560. The molecule has 2 aromatic heterocycles. The van der Waals surface area contributed by atoms with E-state index in [1.165, 1.54) is 5.69 Å². The molecular formula is C26H25N5O2S. The van der Waals surface area contributed by atoms with E-state index in [-0.39, 0.29) is 6.04 Å². The molecule has 4 aromatic rings. The Labute approximate surface area is 198 Å². The van der Waals surface area contributed by atoms with Crippen LogP contribution in [0.5, 0.6) is 0 Å². The third-order valence-electron chi connectivity index (χ3n) is 7.14. The average molecular weight is 472 g/mol. The molecule has 2 fully saturated rings. The minimum Gasteiger partial charge on any atom is -0.363 e. The summed E-state index contributed by atoms with van der Waals surface area (Å²) in [5, 5.41) is 6.65. The fourth-order valence-corrected chi connectivity index (χ4v) is 6.34. The molecule has 0 saturated carbocycles. The van der Waals surface area contributed by atoms with E-state index in [4.69, 9.17) is 6.57 Å². The molecule has 2 aliphatic rings. The van der Waals surface area contributed by atoms with Crippen molar-refractivity contribution in [3.63, 3.8) is 0 Å². The van der Waals surface area contributed by atoms with Gasteiger partial charge in [-0.15, -0.1) is 0 Å². The third kappa shape index (κ3) is 3.57. The molecule has 34 heavy (non-hydrogen) atoms. The first kappa shape index (κ1) is 21.0. The van der Waals surface area contributed by atoms with E-state index in [0.717, 1.165) is 59.4 Å². The number of benzene rings is 2. The quantitative estimate of drug-likeness (QED) is 0.428. The number of hydrogen-bond acceptors (Lipinski definition) is 4. The van der Waals surface area contributed by atoms with Gasteiger partial charge in [0.15, 0.2) is 0 Å². The highest BCUT2D eigenvalue weighted by atomic mass is 32.2. The van der Waals surface area contributed by atoms with Gasteiger partial charge in [0, 0.05) is 42.4 Å². The summed E-state index contributed by atoms with van der Waals surface area (Å²) in [6, 6.07) is 17.0. The standard InChI is InChI=1S/C26H25N5O2S/c1-27-21-14-22-9-10-23(15-21)31(22)25-4-3-11-30-26(25)24(16-28-30)19-6-5-18-13-20(29-34(2,32)33)8-7-17(18)12-19/h3-8,11-13,16,21-23,29H,9-10,14-15H2,2H3. The zero-order valence-corrected chi connectivity index (χ0v) is 19.7. The Morgan fingerprint density at radius 1 is 1.06 bits per heavy atom. The molecule has 0 amide bonds. The van der Waals surface area contributed by atoms with E-state index < -0.39 is 10.0 Å². The van der Waals surface area contributed by atoms with Gasteiger partial charge in [-0.2, -0.15) is 5.10 Å². The first-order valence-electron chi connectivity index (χ1n) is 11.5. The first-order valence-corrected chi connectivity index (χ1v) is 13.4. The maximum Gasteiger partial charge on any atom is 0.229 e. The maximum atomic E-state index is 11.6. The Morgan fingerprint density at radius 2 is 1.79 bits per heavy atom. The van der Waals surface area contributed by atoms with Crippen molar-refractivity contribution in [3.8, 4) is 11.1 Å². The van der Waals surface area contributed by atoms with Gasteiger partial charge in [0.05, 0.1) is 23.7 Å². The number of fused-ring (bicyclic) bond motifs is 4. The van der Waals surface area contributed by atoms with E-state index in [0.29, 0.717) is 17.8 Å². The molecule has 2 bridgehead atoms. The van der Waals surface area contributed by atoms with Crippen molar-refractivity contribution in [2.75, 3.05) is 15.9 Å². The van der Waals surface area contributed by atoms with Gasteiger partial charge in [0.25, 0.3) is 0 Å². The van der Waals surface area contributed by atoms with Gasteiger partial charge in [-0.25, -0.2) is 19.5 Å². The van der Waals surface area contributed by atoms with Crippen LogP contribution in [0.3, 0.4) is 0 Å². The number of rotatable bonds is 4. The van der Waals surface area contributed by atoms with E-state index in [1.54, 1.807) is 6.07 Å². The lowest BCUT2D eigenvalue weighted by Gasteiger charge is -2.37. The maximum absolute atomic E-state index is 11.6. The molecule has 172 valence electrons. The van der Waals surface area contributed by atoms with Crippen molar-refractivity contribution >= 4 is 37.7 Å². The molecule has 8 heteroatoms. The largest absolute Gasteiger partial charge is 0.363 e.